The van der Waals surface area contributed by atoms with Crippen molar-refractivity contribution in [3.05, 3.63) is 84.2 Å². The molecule has 2 aromatic carbocycles. The van der Waals surface area contributed by atoms with E-state index in [1.165, 1.54) is 0 Å². The maximum atomic E-state index is 14.2. The van der Waals surface area contributed by atoms with Crippen molar-refractivity contribution in [2.45, 2.75) is 76.7 Å². The van der Waals surface area contributed by atoms with E-state index in [0.717, 1.165) is 71.7 Å². The summed E-state index contributed by atoms with van der Waals surface area (Å²) in [4.78, 5) is 34.4. The number of pyridine rings is 1. The topological polar surface area (TPSA) is 111 Å². The van der Waals surface area contributed by atoms with E-state index in [1.807, 2.05) is 88.2 Å². The van der Waals surface area contributed by atoms with Crippen LogP contribution in [0.5, 0.6) is 0 Å². The number of morpholine rings is 1. The van der Waals surface area contributed by atoms with Crippen molar-refractivity contribution in [1.29, 1.82) is 0 Å². The molecule has 7 rings (SSSR count). The van der Waals surface area contributed by atoms with Crippen LogP contribution in [0.2, 0.25) is 0 Å². The summed E-state index contributed by atoms with van der Waals surface area (Å²) in [7, 11) is 1.91. The van der Waals surface area contributed by atoms with E-state index in [-0.39, 0.29) is 23.8 Å². The van der Waals surface area contributed by atoms with Gasteiger partial charge in [-0.3, -0.25) is 9.48 Å². The van der Waals surface area contributed by atoms with Gasteiger partial charge >= 0.3 is 6.09 Å². The molecule has 2 bridgehead atoms. The van der Waals surface area contributed by atoms with Crippen molar-refractivity contribution in [3.8, 4) is 22.4 Å². The molecule has 2 N–H and O–H groups in total. The van der Waals surface area contributed by atoms with Gasteiger partial charge in [-0.15, -0.1) is 0 Å². The second-order valence-corrected chi connectivity index (χ2v) is 14.4. The zero-order chi connectivity index (χ0) is 33.6. The normalized spacial score (nSPS) is 20.0. The number of carbonyl (C=O) groups is 2. The summed E-state index contributed by atoms with van der Waals surface area (Å²) in [5, 5.41) is 10.4. The van der Waals surface area contributed by atoms with Gasteiger partial charge in [-0.1, -0.05) is 36.4 Å². The molecule has 10 heteroatoms. The van der Waals surface area contributed by atoms with Gasteiger partial charge in [0.15, 0.2) is 0 Å². The van der Waals surface area contributed by atoms with Gasteiger partial charge in [0, 0.05) is 37.0 Å². The number of alkyl carbamates (subject to hydrolysis) is 1. The minimum Gasteiger partial charge on any atom is -0.444 e. The summed E-state index contributed by atoms with van der Waals surface area (Å²) in [5.74, 6) is 0.668. The number of aromatic nitrogens is 3. The highest BCUT2D eigenvalue weighted by Gasteiger charge is 2.43. The summed E-state index contributed by atoms with van der Waals surface area (Å²) in [6.07, 6.45) is 6.38. The first-order chi connectivity index (χ1) is 23.0. The number of carbonyl (C=O) groups excluding carboxylic acids is 2. The molecule has 3 fully saturated rings. The van der Waals surface area contributed by atoms with E-state index in [4.69, 9.17) is 14.5 Å². The van der Waals surface area contributed by atoms with Crippen molar-refractivity contribution in [3.63, 3.8) is 0 Å². The minimum absolute atomic E-state index is 0.245. The Morgan fingerprint density at radius 1 is 1.02 bits per heavy atom. The maximum Gasteiger partial charge on any atom is 0.408 e. The largest absolute Gasteiger partial charge is 0.444 e. The highest BCUT2D eigenvalue weighted by atomic mass is 16.6. The van der Waals surface area contributed by atoms with Crippen LogP contribution in [-0.4, -0.2) is 63.7 Å². The standard InChI is InChI=1S/C38H44N6O4/c1-23-20-40-43(5)35(23)25-11-13-29(14-12-25)41-36(45)34(42-37(46)48-38(2,3)4)33(24-9-10-24)28-8-6-7-26(17-28)27-15-16-39-32(18-27)44-21-31-19-30(44)22-47-31/h6-8,11-18,20,24,30-31,33-34H,9-10,19,21-22H2,1-5H3,(H,41,45)(H,42,46)/t30-,31-,33?,34-/m0/s1. The van der Waals surface area contributed by atoms with Gasteiger partial charge in [0.2, 0.25) is 5.91 Å². The number of ether oxygens (including phenoxy) is 2. The molecule has 4 aromatic rings. The lowest BCUT2D eigenvalue weighted by molar-refractivity contribution is -0.118. The number of nitrogens with one attached hydrogen (secondary N) is 2. The fourth-order valence-corrected chi connectivity index (χ4v) is 7.20. The van der Waals surface area contributed by atoms with Crippen LogP contribution in [-0.2, 0) is 21.3 Å². The smallest absolute Gasteiger partial charge is 0.408 e. The Kier molecular flexibility index (Phi) is 8.45. The first-order valence-corrected chi connectivity index (χ1v) is 16.9. The van der Waals surface area contributed by atoms with Crippen LogP contribution in [0.15, 0.2) is 73.1 Å². The Hall–Kier alpha value is -4.70. The SMILES string of the molecule is Cc1cnn(C)c1-c1ccc(NC(=O)[C@@H](NC(=O)OC(C)(C)C)C(c2cccc(-c3ccnc(N4C[C@@H]5C[C@H]4CO5)c3)c2)C2CC2)cc1. The molecule has 2 saturated heterocycles. The van der Waals surface area contributed by atoms with Crippen molar-refractivity contribution < 1.29 is 19.1 Å². The van der Waals surface area contributed by atoms with E-state index in [1.54, 1.807) is 0 Å². The third-order valence-electron chi connectivity index (χ3n) is 9.54. The van der Waals surface area contributed by atoms with Crippen molar-refractivity contribution >= 4 is 23.5 Å². The van der Waals surface area contributed by atoms with Crippen LogP contribution in [0.1, 0.15) is 57.1 Å². The lowest BCUT2D eigenvalue weighted by atomic mass is 9.85. The monoisotopic (exact) mass is 648 g/mol. The zero-order valence-corrected chi connectivity index (χ0v) is 28.3. The first-order valence-electron chi connectivity index (χ1n) is 16.9. The average molecular weight is 649 g/mol. The average Bonchev–Trinajstić information content (AvgIpc) is 3.49. The quantitative estimate of drug-likeness (QED) is 0.214. The molecule has 4 heterocycles. The van der Waals surface area contributed by atoms with Gasteiger partial charge in [0.05, 0.1) is 30.6 Å². The molecular formula is C38H44N6O4. The Morgan fingerprint density at radius 2 is 1.79 bits per heavy atom. The number of aryl methyl sites for hydroxylation is 2. The van der Waals surface area contributed by atoms with E-state index in [9.17, 15) is 9.59 Å². The molecule has 2 aromatic heterocycles. The number of rotatable bonds is 9. The number of hydrogen-bond donors (Lipinski definition) is 2. The third kappa shape index (κ3) is 6.80. The van der Waals surface area contributed by atoms with Crippen LogP contribution in [0.3, 0.4) is 0 Å². The number of anilines is 2. The molecular weight excluding hydrogens is 604 g/mol. The van der Waals surface area contributed by atoms with Crippen molar-refractivity contribution in [1.82, 2.24) is 20.1 Å². The number of amides is 2. The predicted octanol–water partition coefficient (Wildman–Crippen LogP) is 6.46. The lowest BCUT2D eigenvalue weighted by Gasteiger charge is -2.30. The van der Waals surface area contributed by atoms with Crippen LogP contribution in [0, 0.1) is 12.8 Å². The summed E-state index contributed by atoms with van der Waals surface area (Å²) in [6, 6.07) is 19.8. The van der Waals surface area contributed by atoms with E-state index < -0.39 is 17.7 Å². The van der Waals surface area contributed by atoms with Crippen LogP contribution in [0.4, 0.5) is 16.3 Å². The van der Waals surface area contributed by atoms with Gasteiger partial charge in [-0.05, 0) is 99.4 Å². The minimum atomic E-state index is -0.852. The highest BCUT2D eigenvalue weighted by molar-refractivity contribution is 5.97. The van der Waals surface area contributed by atoms with Gasteiger partial charge in [0.1, 0.15) is 17.5 Å². The maximum absolute atomic E-state index is 14.2. The van der Waals surface area contributed by atoms with Crippen molar-refractivity contribution in [2.75, 3.05) is 23.4 Å². The fraction of sp³-hybridized carbons (Fsp3) is 0.421. The molecule has 2 aliphatic heterocycles. The molecule has 1 unspecified atom stereocenters. The molecule has 3 aliphatic rings. The molecule has 0 radical (unpaired) electrons. The molecule has 250 valence electrons. The lowest BCUT2D eigenvalue weighted by Crippen LogP contribution is -2.49. The first kappa shape index (κ1) is 31.9. The van der Waals surface area contributed by atoms with Gasteiger partial charge in [-0.2, -0.15) is 5.10 Å². The Morgan fingerprint density at radius 3 is 2.44 bits per heavy atom. The molecule has 1 aliphatic carbocycles. The Labute approximate surface area is 281 Å². The van der Waals surface area contributed by atoms with Gasteiger partial charge in [-0.25, -0.2) is 9.78 Å². The van der Waals surface area contributed by atoms with Crippen molar-refractivity contribution in [2.24, 2.45) is 13.0 Å². The van der Waals surface area contributed by atoms with Gasteiger partial charge in [0.25, 0.3) is 0 Å². The van der Waals surface area contributed by atoms with Gasteiger partial charge < -0.3 is 25.0 Å². The van der Waals surface area contributed by atoms with E-state index in [0.29, 0.717) is 11.7 Å². The Bertz CT molecular complexity index is 1790. The summed E-state index contributed by atoms with van der Waals surface area (Å²) in [5.41, 5.74) is 6.14. The van der Waals surface area contributed by atoms with Crippen LogP contribution >= 0.6 is 0 Å². The molecule has 2 amide bonds. The molecule has 4 atom stereocenters. The number of benzene rings is 2. The molecule has 0 spiro atoms. The van der Waals surface area contributed by atoms with E-state index >= 15 is 0 Å². The second-order valence-electron chi connectivity index (χ2n) is 14.4. The Balaban J connectivity index is 1.17. The fourth-order valence-electron chi connectivity index (χ4n) is 7.20. The summed E-state index contributed by atoms with van der Waals surface area (Å²) < 4.78 is 13.3. The zero-order valence-electron chi connectivity index (χ0n) is 28.3. The number of hydrogen-bond acceptors (Lipinski definition) is 7. The predicted molar refractivity (Wildman–Crippen MR) is 186 cm³/mol. The summed E-state index contributed by atoms with van der Waals surface area (Å²) >= 11 is 0. The number of fused-ring (bicyclic) bond motifs is 2. The third-order valence-corrected chi connectivity index (χ3v) is 9.54. The second kappa shape index (κ2) is 12.7. The number of nitrogens with zero attached hydrogens (tertiary/aromatic N) is 4. The molecule has 1 saturated carbocycles. The summed E-state index contributed by atoms with van der Waals surface area (Å²) in [6.45, 7) is 9.09. The van der Waals surface area contributed by atoms with E-state index in [2.05, 4.69) is 44.9 Å². The highest BCUT2D eigenvalue weighted by Crippen LogP contribution is 2.46. The van der Waals surface area contributed by atoms with Crippen LogP contribution < -0.4 is 15.5 Å². The molecule has 10 nitrogen and oxygen atoms in total. The van der Waals surface area contributed by atoms with Crippen LogP contribution in [0.25, 0.3) is 22.4 Å². The molecule has 48 heavy (non-hydrogen) atoms.